The molecule has 0 aliphatic heterocycles. The zero-order valence-corrected chi connectivity index (χ0v) is 11.9. The minimum absolute atomic E-state index is 0.119. The van der Waals surface area contributed by atoms with Crippen molar-refractivity contribution in [1.82, 2.24) is 0 Å². The third-order valence-corrected chi connectivity index (χ3v) is 3.42. The normalized spacial score (nSPS) is 10.4. The standard InChI is InChI=1S/C14H15ClFN3O/c1-19(8-3-5-9(20-2)6-4-8)14-11(18)7-10(17)12(15)13(14)16/h3-7H,17-18H2,1-2H3. The highest BCUT2D eigenvalue weighted by atomic mass is 35.5. The highest BCUT2D eigenvalue weighted by molar-refractivity contribution is 6.33. The third kappa shape index (κ3) is 2.44. The Morgan fingerprint density at radius 3 is 2.30 bits per heavy atom. The number of rotatable bonds is 3. The highest BCUT2D eigenvalue weighted by Crippen LogP contribution is 2.38. The van der Waals surface area contributed by atoms with Crippen LogP contribution in [0.1, 0.15) is 0 Å². The van der Waals surface area contributed by atoms with Gasteiger partial charge in [-0.25, -0.2) is 4.39 Å². The average molecular weight is 296 g/mol. The van der Waals surface area contributed by atoms with Crippen LogP contribution in [0, 0.1) is 5.82 Å². The van der Waals surface area contributed by atoms with Crippen molar-refractivity contribution < 1.29 is 9.13 Å². The number of nitrogens with two attached hydrogens (primary N) is 2. The van der Waals surface area contributed by atoms with Crippen molar-refractivity contribution >= 4 is 34.4 Å². The molecule has 20 heavy (non-hydrogen) atoms. The molecule has 106 valence electrons. The zero-order chi connectivity index (χ0) is 14.9. The van der Waals surface area contributed by atoms with Crippen molar-refractivity contribution in [1.29, 1.82) is 0 Å². The van der Waals surface area contributed by atoms with Gasteiger partial charge in [-0.05, 0) is 30.3 Å². The number of nitrogen functional groups attached to an aromatic ring is 2. The first-order valence-corrected chi connectivity index (χ1v) is 6.24. The second kappa shape index (κ2) is 5.46. The van der Waals surface area contributed by atoms with E-state index in [1.54, 1.807) is 43.3 Å². The number of methoxy groups -OCH3 is 1. The molecule has 0 spiro atoms. The Labute approximate surface area is 121 Å². The predicted octanol–water partition coefficient (Wildman–Crippen LogP) is 3.42. The molecule has 0 radical (unpaired) electrons. The number of hydrogen-bond donors (Lipinski definition) is 2. The summed E-state index contributed by atoms with van der Waals surface area (Å²) in [6.45, 7) is 0. The lowest BCUT2D eigenvalue weighted by Crippen LogP contribution is -2.14. The van der Waals surface area contributed by atoms with Crippen LogP contribution in [0.4, 0.5) is 27.1 Å². The van der Waals surface area contributed by atoms with E-state index in [1.165, 1.54) is 6.07 Å². The molecule has 0 unspecified atom stereocenters. The first-order chi connectivity index (χ1) is 9.45. The molecule has 4 N–H and O–H groups in total. The highest BCUT2D eigenvalue weighted by Gasteiger charge is 2.18. The van der Waals surface area contributed by atoms with Crippen LogP contribution in [0.25, 0.3) is 0 Å². The second-order valence-corrected chi connectivity index (χ2v) is 4.67. The zero-order valence-electron chi connectivity index (χ0n) is 11.2. The molecule has 2 aromatic carbocycles. The van der Waals surface area contributed by atoms with E-state index in [-0.39, 0.29) is 22.1 Å². The van der Waals surface area contributed by atoms with Gasteiger partial charge in [-0.1, -0.05) is 11.6 Å². The SMILES string of the molecule is COc1ccc(N(C)c2c(N)cc(N)c(Cl)c2F)cc1. The number of anilines is 4. The van der Waals surface area contributed by atoms with Gasteiger partial charge in [0.05, 0.1) is 18.5 Å². The van der Waals surface area contributed by atoms with Gasteiger partial charge in [-0.2, -0.15) is 0 Å². The van der Waals surface area contributed by atoms with Gasteiger partial charge >= 0.3 is 0 Å². The Morgan fingerprint density at radius 2 is 1.75 bits per heavy atom. The fourth-order valence-corrected chi connectivity index (χ4v) is 2.08. The lowest BCUT2D eigenvalue weighted by atomic mass is 10.2. The van der Waals surface area contributed by atoms with E-state index < -0.39 is 5.82 Å². The first-order valence-electron chi connectivity index (χ1n) is 5.86. The molecule has 0 amide bonds. The Balaban J connectivity index is 2.47. The maximum absolute atomic E-state index is 14.2. The van der Waals surface area contributed by atoms with E-state index in [0.717, 1.165) is 5.69 Å². The molecule has 0 aliphatic rings. The smallest absolute Gasteiger partial charge is 0.169 e. The van der Waals surface area contributed by atoms with E-state index in [4.69, 9.17) is 27.8 Å². The summed E-state index contributed by atoms with van der Waals surface area (Å²) in [5.74, 6) is 0.0772. The first kappa shape index (κ1) is 14.3. The van der Waals surface area contributed by atoms with Crippen LogP contribution >= 0.6 is 11.6 Å². The summed E-state index contributed by atoms with van der Waals surface area (Å²) in [6, 6.07) is 8.59. The number of ether oxygens (including phenoxy) is 1. The molecule has 0 atom stereocenters. The van der Waals surface area contributed by atoms with Gasteiger partial charge in [0.25, 0.3) is 0 Å². The summed E-state index contributed by atoms with van der Waals surface area (Å²) in [4.78, 5) is 1.61. The van der Waals surface area contributed by atoms with Gasteiger partial charge < -0.3 is 21.1 Å². The lowest BCUT2D eigenvalue weighted by Gasteiger charge is -2.23. The number of benzene rings is 2. The topological polar surface area (TPSA) is 64.5 Å². The second-order valence-electron chi connectivity index (χ2n) is 4.29. The molecular weight excluding hydrogens is 281 g/mol. The minimum Gasteiger partial charge on any atom is -0.497 e. The van der Waals surface area contributed by atoms with Crippen LogP contribution in [0.2, 0.25) is 5.02 Å². The van der Waals surface area contributed by atoms with E-state index in [0.29, 0.717) is 5.75 Å². The van der Waals surface area contributed by atoms with Crippen LogP contribution in [0.3, 0.4) is 0 Å². The lowest BCUT2D eigenvalue weighted by molar-refractivity contribution is 0.415. The van der Waals surface area contributed by atoms with Crippen molar-refractivity contribution in [2.24, 2.45) is 0 Å². The summed E-state index contributed by atoms with van der Waals surface area (Å²) in [6.07, 6.45) is 0. The van der Waals surface area contributed by atoms with Crippen molar-refractivity contribution in [3.8, 4) is 5.75 Å². The molecule has 4 nitrogen and oxygen atoms in total. The van der Waals surface area contributed by atoms with Crippen molar-refractivity contribution in [2.45, 2.75) is 0 Å². The van der Waals surface area contributed by atoms with Gasteiger partial charge in [-0.15, -0.1) is 0 Å². The Bertz CT molecular complexity index is 631. The number of nitrogens with zero attached hydrogens (tertiary/aromatic N) is 1. The van der Waals surface area contributed by atoms with Crippen molar-refractivity contribution in [3.05, 3.63) is 41.2 Å². The molecular formula is C14H15ClFN3O. The molecule has 0 bridgehead atoms. The van der Waals surface area contributed by atoms with Crippen LogP contribution in [-0.2, 0) is 0 Å². The van der Waals surface area contributed by atoms with Gasteiger partial charge in [0.2, 0.25) is 0 Å². The Kier molecular flexibility index (Phi) is 3.90. The quantitative estimate of drug-likeness (QED) is 0.852. The molecule has 0 saturated heterocycles. The van der Waals surface area contributed by atoms with Crippen LogP contribution in [0.5, 0.6) is 5.75 Å². The Hall–Kier alpha value is -2.14. The molecule has 0 heterocycles. The third-order valence-electron chi connectivity index (χ3n) is 3.03. The van der Waals surface area contributed by atoms with Gasteiger partial charge in [-0.3, -0.25) is 0 Å². The number of halogens is 2. The minimum atomic E-state index is -0.637. The molecule has 0 fully saturated rings. The van der Waals surface area contributed by atoms with Crippen LogP contribution < -0.4 is 21.1 Å². The van der Waals surface area contributed by atoms with Crippen LogP contribution in [0.15, 0.2) is 30.3 Å². The van der Waals surface area contributed by atoms with E-state index >= 15 is 0 Å². The Morgan fingerprint density at radius 1 is 1.15 bits per heavy atom. The maximum atomic E-state index is 14.2. The molecule has 6 heteroatoms. The van der Waals surface area contributed by atoms with E-state index in [1.807, 2.05) is 0 Å². The predicted molar refractivity (Wildman–Crippen MR) is 81.3 cm³/mol. The maximum Gasteiger partial charge on any atom is 0.169 e. The van der Waals surface area contributed by atoms with Crippen molar-refractivity contribution in [3.63, 3.8) is 0 Å². The summed E-state index contributed by atoms with van der Waals surface area (Å²) in [5.41, 5.74) is 12.7. The van der Waals surface area contributed by atoms with E-state index in [9.17, 15) is 4.39 Å². The summed E-state index contributed by atoms with van der Waals surface area (Å²) in [5, 5.41) is -0.130. The molecule has 0 saturated carbocycles. The number of hydrogen-bond acceptors (Lipinski definition) is 4. The summed E-state index contributed by atoms with van der Waals surface area (Å²) < 4.78 is 19.3. The molecule has 2 rings (SSSR count). The molecule has 0 aromatic heterocycles. The monoisotopic (exact) mass is 295 g/mol. The van der Waals surface area contributed by atoms with Gasteiger partial charge in [0.1, 0.15) is 16.5 Å². The molecule has 2 aromatic rings. The van der Waals surface area contributed by atoms with Gasteiger partial charge in [0.15, 0.2) is 5.82 Å². The van der Waals surface area contributed by atoms with Crippen molar-refractivity contribution in [2.75, 3.05) is 30.5 Å². The van der Waals surface area contributed by atoms with E-state index in [2.05, 4.69) is 0 Å². The fourth-order valence-electron chi connectivity index (χ4n) is 1.93. The van der Waals surface area contributed by atoms with Gasteiger partial charge in [0, 0.05) is 12.7 Å². The average Bonchev–Trinajstić information content (AvgIpc) is 2.45. The molecule has 0 aliphatic carbocycles. The largest absolute Gasteiger partial charge is 0.497 e. The van der Waals surface area contributed by atoms with Crippen LogP contribution in [-0.4, -0.2) is 14.2 Å². The fraction of sp³-hybridized carbons (Fsp3) is 0.143. The summed E-state index contributed by atoms with van der Waals surface area (Å²) >= 11 is 5.83. The summed E-state index contributed by atoms with van der Waals surface area (Å²) in [7, 11) is 3.28.